The largest absolute Gasteiger partial charge is 0.510 e. The first-order valence-electron chi connectivity index (χ1n) is 4.37. The number of ether oxygens (including phenoxy) is 1. The maximum absolute atomic E-state index is 9.89. The van der Waals surface area contributed by atoms with Gasteiger partial charge in [-0.25, -0.2) is 4.79 Å². The third-order valence-corrected chi connectivity index (χ3v) is 1.41. The normalized spacial score (nSPS) is 11.6. The summed E-state index contributed by atoms with van der Waals surface area (Å²) in [5.41, 5.74) is -0.387. The Balaban J connectivity index is 3.61. The second kappa shape index (κ2) is 6.26. The molecular formula is C9H16O5. The highest BCUT2D eigenvalue weighted by atomic mass is 17.2. The van der Waals surface area contributed by atoms with Crippen LogP contribution in [0.1, 0.15) is 33.6 Å². The van der Waals surface area contributed by atoms with Crippen molar-refractivity contribution in [2.75, 3.05) is 0 Å². The summed E-state index contributed by atoms with van der Waals surface area (Å²) >= 11 is 0. The van der Waals surface area contributed by atoms with Crippen molar-refractivity contribution in [3.63, 3.8) is 0 Å². The van der Waals surface area contributed by atoms with Crippen molar-refractivity contribution in [2.45, 2.75) is 39.2 Å². The molecule has 14 heavy (non-hydrogen) atoms. The molecule has 0 spiro atoms. The summed E-state index contributed by atoms with van der Waals surface area (Å²) in [7, 11) is 0. The molecule has 0 aromatic carbocycles. The Hall–Kier alpha value is -1.23. The van der Waals surface area contributed by atoms with Crippen molar-refractivity contribution < 1.29 is 24.4 Å². The molecule has 0 aliphatic rings. The molecule has 0 amide bonds. The van der Waals surface area contributed by atoms with Gasteiger partial charge in [-0.05, 0) is 20.3 Å². The summed E-state index contributed by atoms with van der Waals surface area (Å²) in [4.78, 5) is 19.5. The fourth-order valence-corrected chi connectivity index (χ4v) is 0.910. The van der Waals surface area contributed by atoms with Gasteiger partial charge in [-0.2, -0.15) is 4.89 Å². The van der Waals surface area contributed by atoms with Gasteiger partial charge in [-0.15, -0.1) is 0 Å². The van der Waals surface area contributed by atoms with Crippen molar-refractivity contribution in [1.82, 2.24) is 0 Å². The van der Waals surface area contributed by atoms with E-state index in [9.17, 15) is 4.79 Å². The molecule has 5 heteroatoms. The van der Waals surface area contributed by atoms with Crippen LogP contribution in [0.5, 0.6) is 0 Å². The Labute approximate surface area is 83.2 Å². The van der Waals surface area contributed by atoms with Gasteiger partial charge < -0.3 is 14.7 Å². The van der Waals surface area contributed by atoms with Crippen LogP contribution in [-0.4, -0.2) is 16.9 Å². The van der Waals surface area contributed by atoms with Crippen LogP contribution in [0.15, 0.2) is 12.5 Å². The Morgan fingerprint density at radius 1 is 1.43 bits per heavy atom. The highest BCUT2D eigenvalue weighted by Gasteiger charge is 2.18. The summed E-state index contributed by atoms with van der Waals surface area (Å²) < 4.78 is 4.05. The van der Waals surface area contributed by atoms with Crippen LogP contribution in [0.2, 0.25) is 0 Å². The first-order chi connectivity index (χ1) is 6.48. The molecule has 0 aromatic heterocycles. The Kier molecular flexibility index (Phi) is 5.71. The lowest BCUT2D eigenvalue weighted by Crippen LogP contribution is -2.23. The Bertz CT molecular complexity index is 197. The van der Waals surface area contributed by atoms with E-state index < -0.39 is 6.16 Å². The third-order valence-electron chi connectivity index (χ3n) is 1.41. The minimum Gasteiger partial charge on any atom is -0.449 e. The highest BCUT2D eigenvalue weighted by Crippen LogP contribution is 2.16. The van der Waals surface area contributed by atoms with E-state index in [4.69, 9.17) is 9.99 Å². The molecule has 0 aromatic rings. The van der Waals surface area contributed by atoms with Crippen LogP contribution in [0.4, 0.5) is 4.79 Å². The van der Waals surface area contributed by atoms with Gasteiger partial charge in [-0.1, -0.05) is 13.3 Å². The maximum Gasteiger partial charge on any atom is 0.510 e. The molecular weight excluding hydrogens is 188 g/mol. The van der Waals surface area contributed by atoms with Gasteiger partial charge >= 0.3 is 6.16 Å². The van der Waals surface area contributed by atoms with Gasteiger partial charge in [0.15, 0.2) is 6.26 Å². The predicted octanol–water partition coefficient (Wildman–Crippen LogP) is 2.68. The lowest BCUT2D eigenvalue weighted by molar-refractivity contribution is -0.318. The van der Waals surface area contributed by atoms with Crippen LogP contribution in [-0.2, 0) is 14.5 Å². The van der Waals surface area contributed by atoms with Gasteiger partial charge in [0.25, 0.3) is 0 Å². The summed E-state index contributed by atoms with van der Waals surface area (Å²) in [5, 5.41) is 8.09. The zero-order valence-electron chi connectivity index (χ0n) is 8.65. The minimum atomic E-state index is -1.39. The average Bonchev–Trinajstić information content (AvgIpc) is 2.02. The van der Waals surface area contributed by atoms with Gasteiger partial charge in [-0.3, -0.25) is 0 Å². The van der Waals surface area contributed by atoms with Crippen molar-refractivity contribution >= 4 is 6.16 Å². The third kappa shape index (κ3) is 7.42. The number of rotatable bonds is 6. The van der Waals surface area contributed by atoms with E-state index >= 15 is 0 Å². The van der Waals surface area contributed by atoms with E-state index in [1.807, 2.05) is 20.8 Å². The maximum atomic E-state index is 9.89. The molecule has 0 saturated heterocycles. The molecule has 0 fully saturated rings. The molecule has 0 heterocycles. The van der Waals surface area contributed by atoms with Gasteiger partial charge in [0.1, 0.15) is 11.9 Å². The molecule has 82 valence electrons. The predicted molar refractivity (Wildman–Crippen MR) is 49.4 cm³/mol. The van der Waals surface area contributed by atoms with Crippen LogP contribution in [0, 0.1) is 0 Å². The molecule has 5 nitrogen and oxygen atoms in total. The molecule has 1 N–H and O–H groups in total. The fraction of sp³-hybridized carbons (Fsp3) is 0.667. The van der Waals surface area contributed by atoms with Crippen LogP contribution in [0.25, 0.3) is 0 Å². The summed E-state index contributed by atoms with van der Waals surface area (Å²) in [5.74, 6) is 0. The summed E-state index contributed by atoms with van der Waals surface area (Å²) in [6.45, 7) is 5.79. The number of hydrogen-bond donors (Lipinski definition) is 1. The summed E-state index contributed by atoms with van der Waals surface area (Å²) in [6.07, 6.45) is 2.36. The highest BCUT2D eigenvalue weighted by molar-refractivity contribution is 5.57. The molecule has 0 aliphatic heterocycles. The molecule has 0 aliphatic carbocycles. The van der Waals surface area contributed by atoms with Crippen LogP contribution < -0.4 is 0 Å². The van der Waals surface area contributed by atoms with Gasteiger partial charge in [0.05, 0.1) is 0 Å². The number of hydrogen-bond acceptors (Lipinski definition) is 4. The molecule has 0 atom stereocenters. The van der Waals surface area contributed by atoms with Crippen molar-refractivity contribution in [3.05, 3.63) is 12.5 Å². The monoisotopic (exact) mass is 204 g/mol. The fourth-order valence-electron chi connectivity index (χ4n) is 0.910. The first-order valence-corrected chi connectivity index (χ1v) is 4.37. The second-order valence-electron chi connectivity index (χ2n) is 3.35. The SMILES string of the molecule is CCCC(C)(C)OOC=COC(=O)O. The zero-order valence-corrected chi connectivity index (χ0v) is 8.65. The molecule has 0 unspecified atom stereocenters. The molecule has 0 radical (unpaired) electrons. The Morgan fingerprint density at radius 2 is 2.07 bits per heavy atom. The van der Waals surface area contributed by atoms with Crippen molar-refractivity contribution in [1.29, 1.82) is 0 Å². The standard InChI is InChI=1S/C9H16O5/c1-4-5-9(2,3)14-13-7-6-12-8(10)11/h6-7H,4-5H2,1-3H3,(H,10,11). The van der Waals surface area contributed by atoms with E-state index in [1.165, 1.54) is 0 Å². The summed E-state index contributed by atoms with van der Waals surface area (Å²) in [6, 6.07) is 0. The first kappa shape index (κ1) is 12.8. The topological polar surface area (TPSA) is 65.0 Å². The van der Waals surface area contributed by atoms with Gasteiger partial charge in [0, 0.05) is 0 Å². The molecule has 0 rings (SSSR count). The van der Waals surface area contributed by atoms with E-state index in [0.29, 0.717) is 0 Å². The van der Waals surface area contributed by atoms with E-state index in [0.717, 1.165) is 25.4 Å². The number of carboxylic acid groups (broad SMARTS) is 1. The molecule has 0 saturated carbocycles. The quantitative estimate of drug-likeness (QED) is 0.312. The zero-order chi connectivity index (χ0) is 11.0. The average molecular weight is 204 g/mol. The van der Waals surface area contributed by atoms with E-state index in [2.05, 4.69) is 9.62 Å². The Morgan fingerprint density at radius 3 is 2.57 bits per heavy atom. The molecule has 0 bridgehead atoms. The van der Waals surface area contributed by atoms with E-state index in [-0.39, 0.29) is 5.60 Å². The van der Waals surface area contributed by atoms with Crippen molar-refractivity contribution in [3.8, 4) is 0 Å². The smallest absolute Gasteiger partial charge is 0.449 e. The minimum absolute atomic E-state index is 0.387. The second-order valence-corrected chi connectivity index (χ2v) is 3.35. The number of carbonyl (C=O) groups is 1. The lowest BCUT2D eigenvalue weighted by Gasteiger charge is -2.21. The lowest BCUT2D eigenvalue weighted by atomic mass is 10.0. The van der Waals surface area contributed by atoms with Crippen molar-refractivity contribution in [2.24, 2.45) is 0 Å². The van der Waals surface area contributed by atoms with Gasteiger partial charge in [0.2, 0.25) is 0 Å². The van der Waals surface area contributed by atoms with Crippen LogP contribution in [0.3, 0.4) is 0 Å². The van der Waals surface area contributed by atoms with E-state index in [1.54, 1.807) is 0 Å². The van der Waals surface area contributed by atoms with Crippen LogP contribution >= 0.6 is 0 Å².